The Bertz CT molecular complexity index is 1010. The fraction of sp³-hybridized carbons (Fsp3) is 0.217. The lowest BCUT2D eigenvalue weighted by molar-refractivity contribution is 0.0963. The molecule has 1 aliphatic carbocycles. The number of amides is 2. The average Bonchev–Trinajstić information content (AvgIpc) is 3.11. The summed E-state index contributed by atoms with van der Waals surface area (Å²) >= 11 is 1.54. The van der Waals surface area contributed by atoms with Crippen molar-refractivity contribution in [2.24, 2.45) is 0 Å². The first-order valence-electron chi connectivity index (χ1n) is 9.51. The van der Waals surface area contributed by atoms with E-state index in [2.05, 4.69) is 10.6 Å². The monoisotopic (exact) mass is 390 g/mol. The molecule has 0 saturated carbocycles. The quantitative estimate of drug-likeness (QED) is 0.665. The second-order valence-corrected chi connectivity index (χ2v) is 8.00. The van der Waals surface area contributed by atoms with E-state index in [0.29, 0.717) is 16.1 Å². The van der Waals surface area contributed by atoms with Gasteiger partial charge in [0.05, 0.1) is 5.56 Å². The molecule has 4 nitrogen and oxygen atoms in total. The number of nitrogens with one attached hydrogen (secondary N) is 2. The van der Waals surface area contributed by atoms with E-state index in [1.807, 2.05) is 54.6 Å². The van der Waals surface area contributed by atoms with E-state index >= 15 is 0 Å². The fourth-order valence-electron chi connectivity index (χ4n) is 3.64. The molecule has 1 aromatic heterocycles. The number of aryl methyl sites for hydroxylation is 1. The normalized spacial score (nSPS) is 12.9. The molecule has 0 radical (unpaired) electrons. The third-order valence-electron chi connectivity index (χ3n) is 5.11. The van der Waals surface area contributed by atoms with E-state index < -0.39 is 0 Å². The zero-order valence-corrected chi connectivity index (χ0v) is 16.6. The number of hydrogen-bond donors (Lipinski definition) is 2. The number of fused-ring (bicyclic) bond motifs is 1. The van der Waals surface area contributed by atoms with Crippen LogP contribution < -0.4 is 10.6 Å². The van der Waals surface area contributed by atoms with Crippen LogP contribution in [0, 0.1) is 0 Å². The minimum absolute atomic E-state index is 0.130. The number of rotatable bonds is 4. The van der Waals surface area contributed by atoms with Crippen molar-refractivity contribution in [3.05, 3.63) is 76.2 Å². The molecule has 0 spiro atoms. The van der Waals surface area contributed by atoms with Gasteiger partial charge in [-0.3, -0.25) is 9.59 Å². The zero-order valence-electron chi connectivity index (χ0n) is 15.7. The molecule has 28 heavy (non-hydrogen) atoms. The highest BCUT2D eigenvalue weighted by atomic mass is 32.1. The van der Waals surface area contributed by atoms with Gasteiger partial charge in [0, 0.05) is 17.5 Å². The van der Waals surface area contributed by atoms with Gasteiger partial charge in [0.1, 0.15) is 5.00 Å². The number of benzene rings is 2. The van der Waals surface area contributed by atoms with E-state index in [4.69, 9.17) is 0 Å². The Morgan fingerprint density at radius 3 is 2.25 bits per heavy atom. The lowest BCUT2D eigenvalue weighted by atomic mass is 9.95. The van der Waals surface area contributed by atoms with Gasteiger partial charge >= 0.3 is 0 Å². The topological polar surface area (TPSA) is 58.2 Å². The number of thiophene rings is 1. The van der Waals surface area contributed by atoms with Crippen LogP contribution in [0.4, 0.5) is 5.00 Å². The van der Waals surface area contributed by atoms with E-state index in [-0.39, 0.29) is 11.8 Å². The number of hydrogen-bond acceptors (Lipinski definition) is 3. The molecule has 3 aromatic rings. The van der Waals surface area contributed by atoms with Crippen molar-refractivity contribution in [3.8, 4) is 11.1 Å². The Hall–Kier alpha value is -2.92. The number of anilines is 1. The molecule has 5 heteroatoms. The molecule has 0 unspecified atom stereocenters. The third-order valence-corrected chi connectivity index (χ3v) is 6.31. The number of carbonyl (C=O) groups excluding carboxylic acids is 2. The third kappa shape index (κ3) is 3.58. The molecule has 0 bridgehead atoms. The van der Waals surface area contributed by atoms with Gasteiger partial charge in [-0.1, -0.05) is 42.5 Å². The van der Waals surface area contributed by atoms with Crippen LogP contribution in [0.2, 0.25) is 0 Å². The Labute approximate surface area is 168 Å². The summed E-state index contributed by atoms with van der Waals surface area (Å²) in [5.41, 5.74) is 4.49. The largest absolute Gasteiger partial charge is 0.355 e. The standard InChI is InChI=1S/C23H22N2O2S/c1-24-22(27)20-18-9-5-6-10-19(18)28-23(20)25-21(26)17-13-11-16(12-14-17)15-7-3-2-4-8-15/h2-4,7-8,11-14H,5-6,9-10H2,1H3,(H,24,27)(H,25,26). The van der Waals surface area contributed by atoms with Gasteiger partial charge in [-0.2, -0.15) is 0 Å². The molecular weight excluding hydrogens is 368 g/mol. The molecule has 2 amide bonds. The predicted molar refractivity (Wildman–Crippen MR) is 114 cm³/mol. The van der Waals surface area contributed by atoms with Crippen molar-refractivity contribution < 1.29 is 9.59 Å². The molecular formula is C23H22N2O2S. The van der Waals surface area contributed by atoms with Crippen molar-refractivity contribution in [2.75, 3.05) is 12.4 Å². The molecule has 4 rings (SSSR count). The SMILES string of the molecule is CNC(=O)c1c(NC(=O)c2ccc(-c3ccccc3)cc2)sc2c1CCCC2. The molecule has 0 saturated heterocycles. The zero-order chi connectivity index (χ0) is 19.5. The summed E-state index contributed by atoms with van der Waals surface area (Å²) in [6, 6.07) is 17.6. The van der Waals surface area contributed by atoms with Gasteiger partial charge in [-0.25, -0.2) is 0 Å². The summed E-state index contributed by atoms with van der Waals surface area (Å²) in [4.78, 5) is 26.5. The van der Waals surface area contributed by atoms with Gasteiger partial charge in [0.15, 0.2) is 0 Å². The maximum atomic E-state index is 12.8. The highest BCUT2D eigenvalue weighted by Gasteiger charge is 2.26. The highest BCUT2D eigenvalue weighted by Crippen LogP contribution is 2.38. The summed E-state index contributed by atoms with van der Waals surface area (Å²) in [6.45, 7) is 0. The van der Waals surface area contributed by atoms with Crippen molar-refractivity contribution in [2.45, 2.75) is 25.7 Å². The van der Waals surface area contributed by atoms with Crippen molar-refractivity contribution in [1.29, 1.82) is 0 Å². The van der Waals surface area contributed by atoms with E-state index in [1.165, 1.54) is 16.2 Å². The minimum atomic E-state index is -0.191. The van der Waals surface area contributed by atoms with Gasteiger partial charge < -0.3 is 10.6 Å². The van der Waals surface area contributed by atoms with Gasteiger partial charge in [-0.15, -0.1) is 11.3 Å². The summed E-state index contributed by atoms with van der Waals surface area (Å²) in [6.07, 6.45) is 4.10. The molecule has 1 aliphatic rings. The summed E-state index contributed by atoms with van der Waals surface area (Å²) in [5, 5.41) is 6.35. The predicted octanol–water partition coefficient (Wildman–Crippen LogP) is 4.91. The summed E-state index contributed by atoms with van der Waals surface area (Å²) in [5.74, 6) is -0.322. The molecule has 2 N–H and O–H groups in total. The fourth-order valence-corrected chi connectivity index (χ4v) is 4.92. The Morgan fingerprint density at radius 2 is 1.54 bits per heavy atom. The molecule has 0 atom stereocenters. The lowest BCUT2D eigenvalue weighted by Crippen LogP contribution is -2.22. The maximum Gasteiger partial charge on any atom is 0.256 e. The Morgan fingerprint density at radius 1 is 0.857 bits per heavy atom. The molecule has 0 fully saturated rings. The summed E-state index contributed by atoms with van der Waals surface area (Å²) < 4.78 is 0. The maximum absolute atomic E-state index is 12.8. The number of carbonyl (C=O) groups is 2. The highest BCUT2D eigenvalue weighted by molar-refractivity contribution is 7.17. The van der Waals surface area contributed by atoms with Crippen LogP contribution in [0.1, 0.15) is 44.0 Å². The van der Waals surface area contributed by atoms with E-state index in [0.717, 1.165) is 42.4 Å². The van der Waals surface area contributed by atoms with Gasteiger partial charge in [0.25, 0.3) is 11.8 Å². The molecule has 2 aromatic carbocycles. The second-order valence-electron chi connectivity index (χ2n) is 6.89. The average molecular weight is 391 g/mol. The Kier molecular flexibility index (Phi) is 5.26. The van der Waals surface area contributed by atoms with Crippen LogP contribution in [0.15, 0.2) is 54.6 Å². The first-order chi connectivity index (χ1) is 13.7. The van der Waals surface area contributed by atoms with Crippen LogP contribution in [0.3, 0.4) is 0 Å². The van der Waals surface area contributed by atoms with Crippen LogP contribution in [0.25, 0.3) is 11.1 Å². The van der Waals surface area contributed by atoms with Crippen molar-refractivity contribution >= 4 is 28.2 Å². The van der Waals surface area contributed by atoms with E-state index in [9.17, 15) is 9.59 Å². The van der Waals surface area contributed by atoms with Crippen molar-refractivity contribution in [3.63, 3.8) is 0 Å². The molecule has 142 valence electrons. The van der Waals surface area contributed by atoms with Crippen molar-refractivity contribution in [1.82, 2.24) is 5.32 Å². The van der Waals surface area contributed by atoms with Crippen LogP contribution in [-0.2, 0) is 12.8 Å². The van der Waals surface area contributed by atoms with Gasteiger partial charge in [-0.05, 0) is 54.5 Å². The summed E-state index contributed by atoms with van der Waals surface area (Å²) in [7, 11) is 1.63. The van der Waals surface area contributed by atoms with Crippen LogP contribution >= 0.6 is 11.3 Å². The van der Waals surface area contributed by atoms with Crippen LogP contribution in [0.5, 0.6) is 0 Å². The minimum Gasteiger partial charge on any atom is -0.355 e. The smallest absolute Gasteiger partial charge is 0.256 e. The van der Waals surface area contributed by atoms with E-state index in [1.54, 1.807) is 7.05 Å². The molecule has 0 aliphatic heterocycles. The lowest BCUT2D eigenvalue weighted by Gasteiger charge is -2.12. The van der Waals surface area contributed by atoms with Crippen LogP contribution in [-0.4, -0.2) is 18.9 Å². The first kappa shape index (κ1) is 18.4. The van der Waals surface area contributed by atoms with Gasteiger partial charge in [0.2, 0.25) is 0 Å². The first-order valence-corrected chi connectivity index (χ1v) is 10.3. The second kappa shape index (κ2) is 7.98. The molecule has 1 heterocycles. The Balaban J connectivity index is 1.58.